The summed E-state index contributed by atoms with van der Waals surface area (Å²) in [5.74, 6) is -0.0658. The lowest BCUT2D eigenvalue weighted by atomic mass is 10.0. The van der Waals surface area contributed by atoms with Crippen molar-refractivity contribution >= 4 is 11.9 Å². The van der Waals surface area contributed by atoms with Crippen LogP contribution in [0.1, 0.15) is 341 Å². The molecule has 0 saturated carbocycles. The molecule has 2 atom stereocenters. The Morgan fingerprint density at radius 3 is 0.938 bits per heavy atom. The maximum Gasteiger partial charge on any atom is 0.305 e. The fourth-order valence-electron chi connectivity index (χ4n) is 9.58. The Hall–Kier alpha value is -1.14. The maximum absolute atomic E-state index is 12.5. The van der Waals surface area contributed by atoms with Crippen molar-refractivity contribution < 1.29 is 24.5 Å². The molecule has 0 spiro atoms. The number of aliphatic hydroxyl groups is 2. The van der Waals surface area contributed by atoms with Gasteiger partial charge in [-0.05, 0) is 25.7 Å². The minimum Gasteiger partial charge on any atom is -0.466 e. The molecule has 1 amide bonds. The number of ether oxygens (including phenoxy) is 1. The van der Waals surface area contributed by atoms with Crippen LogP contribution in [-0.4, -0.2) is 47.4 Å². The van der Waals surface area contributed by atoms with Gasteiger partial charge in [-0.2, -0.15) is 0 Å². The van der Waals surface area contributed by atoms with Gasteiger partial charge in [0.15, 0.2) is 0 Å². The number of hydrogen-bond acceptors (Lipinski definition) is 5. The third-order valence-corrected chi connectivity index (χ3v) is 14.2. The predicted octanol–water partition coefficient (Wildman–Crippen LogP) is 18.3. The number of carbonyl (C=O) groups is 2. The van der Waals surface area contributed by atoms with Crippen LogP contribution in [0.3, 0.4) is 0 Å². The molecule has 0 aliphatic rings. The molecule has 0 saturated heterocycles. The molecule has 0 rings (SSSR count). The van der Waals surface area contributed by atoms with Crippen molar-refractivity contribution in [2.24, 2.45) is 0 Å². The van der Waals surface area contributed by atoms with Crippen molar-refractivity contribution in [2.45, 2.75) is 353 Å². The van der Waals surface area contributed by atoms with Crippen molar-refractivity contribution in [2.75, 3.05) is 13.2 Å². The van der Waals surface area contributed by atoms with Crippen LogP contribution in [0.25, 0.3) is 0 Å². The van der Waals surface area contributed by atoms with E-state index < -0.39 is 12.1 Å². The molecule has 0 aromatic rings. The molecule has 0 radical (unpaired) electrons. The lowest BCUT2D eigenvalue weighted by Gasteiger charge is -2.22. The molecule has 0 fully saturated rings. The normalized spacial score (nSPS) is 12.5. The topological polar surface area (TPSA) is 95.9 Å². The van der Waals surface area contributed by atoms with E-state index in [0.717, 1.165) is 57.8 Å². The molecule has 65 heavy (non-hydrogen) atoms. The minimum atomic E-state index is -0.678. The SMILES string of the molecule is CCCCCCCCCCCCCCCCCCCCCCC(O)C(CO)NC(=O)CCCCCCCCCCCCOC(=O)CCCCCCCCCCCCCCCCCCCC. The number of rotatable bonds is 56. The first-order valence-corrected chi connectivity index (χ1v) is 29.8. The van der Waals surface area contributed by atoms with Crippen molar-refractivity contribution in [3.8, 4) is 0 Å². The van der Waals surface area contributed by atoms with Gasteiger partial charge >= 0.3 is 5.97 Å². The van der Waals surface area contributed by atoms with E-state index in [1.807, 2.05) is 0 Å². The molecule has 0 aliphatic heterocycles. The highest BCUT2D eigenvalue weighted by Gasteiger charge is 2.20. The van der Waals surface area contributed by atoms with Gasteiger partial charge in [-0.25, -0.2) is 0 Å². The quantitative estimate of drug-likeness (QED) is 0.0417. The summed E-state index contributed by atoms with van der Waals surface area (Å²) in [4.78, 5) is 24.6. The van der Waals surface area contributed by atoms with E-state index in [1.54, 1.807) is 0 Å². The first-order chi connectivity index (χ1) is 32.0. The molecule has 2 unspecified atom stereocenters. The number of nitrogens with one attached hydrogen (secondary N) is 1. The largest absolute Gasteiger partial charge is 0.466 e. The number of aliphatic hydroxyl groups excluding tert-OH is 2. The fourth-order valence-corrected chi connectivity index (χ4v) is 9.58. The van der Waals surface area contributed by atoms with Crippen LogP contribution in [-0.2, 0) is 14.3 Å². The number of unbranched alkanes of at least 4 members (excludes halogenated alkanes) is 45. The van der Waals surface area contributed by atoms with Crippen LogP contribution in [0.4, 0.5) is 0 Å². The van der Waals surface area contributed by atoms with Gasteiger partial charge in [0, 0.05) is 12.8 Å². The van der Waals surface area contributed by atoms with Gasteiger partial charge in [-0.15, -0.1) is 0 Å². The average molecular weight is 921 g/mol. The molecule has 6 heteroatoms. The third kappa shape index (κ3) is 52.1. The Kier molecular flexibility index (Phi) is 54.5. The van der Waals surface area contributed by atoms with Crippen molar-refractivity contribution in [3.05, 3.63) is 0 Å². The summed E-state index contributed by atoms with van der Waals surface area (Å²) in [6.45, 7) is 4.94. The van der Waals surface area contributed by atoms with Gasteiger partial charge in [0.05, 0.1) is 25.4 Å². The summed E-state index contributed by atoms with van der Waals surface area (Å²) in [6, 6.07) is -0.557. The van der Waals surface area contributed by atoms with E-state index in [4.69, 9.17) is 4.74 Å². The Morgan fingerprint density at radius 1 is 0.369 bits per heavy atom. The summed E-state index contributed by atoms with van der Waals surface area (Å²) in [5, 5.41) is 23.3. The third-order valence-electron chi connectivity index (χ3n) is 14.2. The van der Waals surface area contributed by atoms with Gasteiger partial charge in [0.25, 0.3) is 0 Å². The first-order valence-electron chi connectivity index (χ1n) is 29.8. The minimum absolute atomic E-state index is 0.0129. The molecule has 0 aliphatic carbocycles. The van der Waals surface area contributed by atoms with Crippen LogP contribution in [0.15, 0.2) is 0 Å². The van der Waals surface area contributed by atoms with E-state index in [0.29, 0.717) is 25.9 Å². The summed E-state index contributed by atoms with van der Waals surface area (Å²) in [6.07, 6.45) is 63.8. The second-order valence-electron chi connectivity index (χ2n) is 20.7. The van der Waals surface area contributed by atoms with Crippen LogP contribution < -0.4 is 5.32 Å². The molecule has 0 heterocycles. The monoisotopic (exact) mass is 920 g/mol. The number of carbonyl (C=O) groups excluding carboxylic acids is 2. The van der Waals surface area contributed by atoms with Crippen LogP contribution in [0.2, 0.25) is 0 Å². The van der Waals surface area contributed by atoms with Crippen molar-refractivity contribution in [1.82, 2.24) is 5.32 Å². The zero-order valence-electron chi connectivity index (χ0n) is 44.3. The second kappa shape index (κ2) is 55.5. The summed E-state index contributed by atoms with van der Waals surface area (Å²) in [5.41, 5.74) is 0. The van der Waals surface area contributed by atoms with Crippen LogP contribution in [0, 0.1) is 0 Å². The van der Waals surface area contributed by atoms with E-state index in [-0.39, 0.29) is 18.5 Å². The van der Waals surface area contributed by atoms with Gasteiger partial charge < -0.3 is 20.3 Å². The Morgan fingerprint density at radius 2 is 0.631 bits per heavy atom. The molecule has 0 aromatic carbocycles. The second-order valence-corrected chi connectivity index (χ2v) is 20.7. The van der Waals surface area contributed by atoms with Crippen molar-refractivity contribution in [3.63, 3.8) is 0 Å². The highest BCUT2D eigenvalue weighted by Crippen LogP contribution is 2.18. The fraction of sp³-hybridized carbons (Fsp3) is 0.966. The van der Waals surface area contributed by atoms with E-state index in [2.05, 4.69) is 19.2 Å². The smallest absolute Gasteiger partial charge is 0.305 e. The number of hydrogen-bond donors (Lipinski definition) is 3. The Labute approximate surface area is 406 Å². The average Bonchev–Trinajstić information content (AvgIpc) is 3.31. The van der Waals surface area contributed by atoms with Crippen LogP contribution in [0.5, 0.6) is 0 Å². The van der Waals surface area contributed by atoms with E-state index in [9.17, 15) is 19.8 Å². The van der Waals surface area contributed by atoms with Gasteiger partial charge in [-0.3, -0.25) is 9.59 Å². The molecular formula is C59H117NO5. The first kappa shape index (κ1) is 63.9. The number of amides is 1. The Bertz CT molecular complexity index is 928. The van der Waals surface area contributed by atoms with E-state index in [1.165, 1.54) is 250 Å². The van der Waals surface area contributed by atoms with Gasteiger partial charge in [-0.1, -0.05) is 303 Å². The lowest BCUT2D eigenvalue weighted by molar-refractivity contribution is -0.143. The summed E-state index contributed by atoms with van der Waals surface area (Å²) < 4.78 is 5.48. The molecular weight excluding hydrogens is 803 g/mol. The molecule has 388 valence electrons. The molecule has 0 aromatic heterocycles. The Balaban J connectivity index is 3.43. The van der Waals surface area contributed by atoms with Crippen LogP contribution >= 0.6 is 0 Å². The highest BCUT2D eigenvalue weighted by molar-refractivity contribution is 5.76. The maximum atomic E-state index is 12.5. The molecule has 3 N–H and O–H groups in total. The molecule has 6 nitrogen and oxygen atoms in total. The van der Waals surface area contributed by atoms with Gasteiger partial charge in [0.1, 0.15) is 0 Å². The molecule has 0 bridgehead atoms. The lowest BCUT2D eigenvalue weighted by Crippen LogP contribution is -2.45. The summed E-state index contributed by atoms with van der Waals surface area (Å²) >= 11 is 0. The predicted molar refractivity (Wildman–Crippen MR) is 283 cm³/mol. The summed E-state index contributed by atoms with van der Waals surface area (Å²) in [7, 11) is 0. The standard InChI is InChI=1S/C59H117NO5/c1-3-5-7-9-11-13-15-17-19-21-23-24-25-27-29-31-35-39-43-47-51-57(62)56(55-61)60-58(63)52-48-44-40-36-33-34-38-42-46-50-54-65-59(64)53-49-45-41-37-32-30-28-26-22-20-18-16-14-12-10-8-6-4-2/h56-57,61-62H,3-55H2,1-2H3,(H,60,63). The number of esters is 1. The zero-order valence-corrected chi connectivity index (χ0v) is 44.3. The highest BCUT2D eigenvalue weighted by atomic mass is 16.5. The van der Waals surface area contributed by atoms with E-state index >= 15 is 0 Å². The zero-order chi connectivity index (χ0) is 47.2. The van der Waals surface area contributed by atoms with Crippen molar-refractivity contribution in [1.29, 1.82) is 0 Å². The van der Waals surface area contributed by atoms with Gasteiger partial charge in [0.2, 0.25) is 5.91 Å².